The van der Waals surface area contributed by atoms with Gasteiger partial charge >= 0.3 is 0 Å². The molecule has 6 nitrogen and oxygen atoms in total. The number of hydrogen-bond acceptors (Lipinski definition) is 5. The second kappa shape index (κ2) is 4.72. The van der Waals surface area contributed by atoms with Crippen molar-refractivity contribution in [3.05, 3.63) is 30.1 Å². The number of nitrogens with zero attached hydrogens (tertiary/aromatic N) is 2. The molecule has 100 valence electrons. The second-order valence-electron chi connectivity index (χ2n) is 4.29. The average molecular weight is 261 g/mol. The van der Waals surface area contributed by atoms with Crippen LogP contribution in [0.3, 0.4) is 0 Å². The van der Waals surface area contributed by atoms with E-state index in [2.05, 4.69) is 10.4 Å². The van der Waals surface area contributed by atoms with Gasteiger partial charge in [0.2, 0.25) is 12.5 Å². The molecule has 1 N–H and O–H groups in total. The van der Waals surface area contributed by atoms with Crippen molar-refractivity contribution < 1.29 is 14.2 Å². The van der Waals surface area contributed by atoms with Crippen LogP contribution in [-0.4, -0.2) is 23.7 Å². The minimum Gasteiger partial charge on any atom is -0.493 e. The summed E-state index contributed by atoms with van der Waals surface area (Å²) in [6.45, 7) is 0.907. The predicted octanol–water partition coefficient (Wildman–Crippen LogP) is 1.77. The van der Waals surface area contributed by atoms with Crippen LogP contribution < -0.4 is 19.5 Å². The van der Waals surface area contributed by atoms with Crippen LogP contribution in [0.1, 0.15) is 5.56 Å². The maximum absolute atomic E-state index is 5.39. The first kappa shape index (κ1) is 11.7. The Hall–Kier alpha value is -2.37. The summed E-state index contributed by atoms with van der Waals surface area (Å²) >= 11 is 0. The highest BCUT2D eigenvalue weighted by molar-refractivity contribution is 5.55. The number of hydrogen-bond donors (Lipinski definition) is 1. The standard InChI is InChI=1S/C13H15N3O3/c1-16-7-10(6-15-16)14-5-9-3-11(17-2)13-12(4-9)18-8-19-13/h3-4,6-7,14H,5,8H2,1-2H3. The molecular weight excluding hydrogens is 246 g/mol. The summed E-state index contributed by atoms with van der Waals surface area (Å²) in [5.41, 5.74) is 2.03. The van der Waals surface area contributed by atoms with Gasteiger partial charge in [-0.1, -0.05) is 0 Å². The van der Waals surface area contributed by atoms with Gasteiger partial charge < -0.3 is 19.5 Å². The molecule has 0 fully saturated rings. The molecule has 1 aromatic carbocycles. The summed E-state index contributed by atoms with van der Waals surface area (Å²) < 4.78 is 17.8. The second-order valence-corrected chi connectivity index (χ2v) is 4.29. The number of ether oxygens (including phenoxy) is 3. The highest BCUT2D eigenvalue weighted by Crippen LogP contribution is 2.41. The molecule has 3 rings (SSSR count). The van der Waals surface area contributed by atoms with Gasteiger partial charge in [0.05, 0.1) is 19.0 Å². The number of methoxy groups -OCH3 is 1. The van der Waals surface area contributed by atoms with Crippen LogP contribution in [0.15, 0.2) is 24.5 Å². The molecule has 0 saturated heterocycles. The Balaban J connectivity index is 1.78. The summed E-state index contributed by atoms with van der Waals surface area (Å²) in [5, 5.41) is 7.39. The Labute approximate surface area is 110 Å². The minimum atomic E-state index is 0.241. The highest BCUT2D eigenvalue weighted by Gasteiger charge is 2.19. The first-order valence-corrected chi connectivity index (χ1v) is 5.95. The average Bonchev–Trinajstić information content (AvgIpc) is 3.03. The van der Waals surface area contributed by atoms with Crippen molar-refractivity contribution in [1.82, 2.24) is 9.78 Å². The van der Waals surface area contributed by atoms with Crippen LogP contribution in [0.2, 0.25) is 0 Å². The summed E-state index contributed by atoms with van der Waals surface area (Å²) in [4.78, 5) is 0. The smallest absolute Gasteiger partial charge is 0.231 e. The molecule has 0 unspecified atom stereocenters. The molecule has 0 aliphatic carbocycles. The quantitative estimate of drug-likeness (QED) is 0.909. The van der Waals surface area contributed by atoms with Gasteiger partial charge in [0.15, 0.2) is 11.5 Å². The number of fused-ring (bicyclic) bond motifs is 1. The maximum atomic E-state index is 5.39. The van der Waals surface area contributed by atoms with Crippen LogP contribution in [0.5, 0.6) is 17.2 Å². The van der Waals surface area contributed by atoms with Crippen LogP contribution in [0.4, 0.5) is 5.69 Å². The Morgan fingerprint density at radius 2 is 2.32 bits per heavy atom. The fourth-order valence-electron chi connectivity index (χ4n) is 2.00. The van der Waals surface area contributed by atoms with Crippen molar-refractivity contribution in [2.75, 3.05) is 19.2 Å². The first-order valence-electron chi connectivity index (χ1n) is 5.95. The Morgan fingerprint density at radius 3 is 3.05 bits per heavy atom. The summed E-state index contributed by atoms with van der Waals surface area (Å²) in [7, 11) is 3.50. The fraction of sp³-hybridized carbons (Fsp3) is 0.308. The van der Waals surface area contributed by atoms with E-state index < -0.39 is 0 Å². The normalized spacial score (nSPS) is 12.5. The molecule has 0 amide bonds. The number of aromatic nitrogens is 2. The van der Waals surface area contributed by atoms with Crippen molar-refractivity contribution in [2.24, 2.45) is 7.05 Å². The third-order valence-corrected chi connectivity index (χ3v) is 2.92. The highest BCUT2D eigenvalue weighted by atomic mass is 16.7. The molecule has 0 saturated carbocycles. The van der Waals surface area contributed by atoms with E-state index in [1.54, 1.807) is 18.0 Å². The largest absolute Gasteiger partial charge is 0.493 e. The molecule has 2 heterocycles. The molecule has 1 aliphatic heterocycles. The molecule has 1 aromatic heterocycles. The van der Waals surface area contributed by atoms with E-state index in [1.165, 1.54) is 0 Å². The van der Waals surface area contributed by atoms with Crippen molar-refractivity contribution in [2.45, 2.75) is 6.54 Å². The van der Waals surface area contributed by atoms with Gasteiger partial charge in [-0.05, 0) is 17.7 Å². The third-order valence-electron chi connectivity index (χ3n) is 2.92. The fourth-order valence-corrected chi connectivity index (χ4v) is 2.00. The van der Waals surface area contributed by atoms with Crippen molar-refractivity contribution in [1.29, 1.82) is 0 Å². The molecule has 1 aliphatic rings. The van der Waals surface area contributed by atoms with E-state index in [0.29, 0.717) is 18.0 Å². The predicted molar refractivity (Wildman–Crippen MR) is 69.7 cm³/mol. The number of benzene rings is 1. The minimum absolute atomic E-state index is 0.241. The lowest BCUT2D eigenvalue weighted by molar-refractivity contribution is 0.171. The zero-order valence-electron chi connectivity index (χ0n) is 10.8. The Bertz CT molecular complexity index is 595. The van der Waals surface area contributed by atoms with Crippen LogP contribution in [0.25, 0.3) is 0 Å². The first-order chi connectivity index (χ1) is 9.26. The molecule has 19 heavy (non-hydrogen) atoms. The van der Waals surface area contributed by atoms with E-state index >= 15 is 0 Å². The van der Waals surface area contributed by atoms with Gasteiger partial charge in [0.1, 0.15) is 0 Å². The zero-order valence-corrected chi connectivity index (χ0v) is 10.8. The molecule has 0 radical (unpaired) electrons. The monoisotopic (exact) mass is 261 g/mol. The lowest BCUT2D eigenvalue weighted by Gasteiger charge is -2.09. The maximum Gasteiger partial charge on any atom is 0.231 e. The van der Waals surface area contributed by atoms with Crippen LogP contribution >= 0.6 is 0 Å². The van der Waals surface area contributed by atoms with Crippen molar-refractivity contribution >= 4 is 5.69 Å². The topological polar surface area (TPSA) is 57.5 Å². The van der Waals surface area contributed by atoms with Gasteiger partial charge in [-0.3, -0.25) is 4.68 Å². The van der Waals surface area contributed by atoms with Crippen molar-refractivity contribution in [3.8, 4) is 17.2 Å². The molecule has 2 aromatic rings. The molecule has 0 spiro atoms. The van der Waals surface area contributed by atoms with Gasteiger partial charge in [-0.2, -0.15) is 5.10 Å². The summed E-state index contributed by atoms with van der Waals surface area (Å²) in [6, 6.07) is 3.89. The number of nitrogens with one attached hydrogen (secondary N) is 1. The van der Waals surface area contributed by atoms with Crippen molar-refractivity contribution in [3.63, 3.8) is 0 Å². The molecular formula is C13H15N3O3. The van der Waals surface area contributed by atoms with Gasteiger partial charge in [0, 0.05) is 19.8 Å². The molecule has 0 bridgehead atoms. The zero-order chi connectivity index (χ0) is 13.2. The van der Waals surface area contributed by atoms with E-state index in [1.807, 2.05) is 25.4 Å². The van der Waals surface area contributed by atoms with Gasteiger partial charge in [-0.25, -0.2) is 0 Å². The SMILES string of the molecule is COc1cc(CNc2cnn(C)c2)cc2c1OCO2. The molecule has 6 heteroatoms. The third kappa shape index (κ3) is 2.29. The Morgan fingerprint density at radius 1 is 1.42 bits per heavy atom. The van der Waals surface area contributed by atoms with Crippen LogP contribution in [-0.2, 0) is 13.6 Å². The lowest BCUT2D eigenvalue weighted by Crippen LogP contribution is -1.99. The van der Waals surface area contributed by atoms with E-state index in [9.17, 15) is 0 Å². The van der Waals surface area contributed by atoms with E-state index in [4.69, 9.17) is 14.2 Å². The summed E-state index contributed by atoms with van der Waals surface area (Å²) in [5.74, 6) is 2.09. The molecule has 0 atom stereocenters. The number of rotatable bonds is 4. The van der Waals surface area contributed by atoms with Crippen LogP contribution in [0, 0.1) is 0 Å². The number of anilines is 1. The van der Waals surface area contributed by atoms with Gasteiger partial charge in [-0.15, -0.1) is 0 Å². The van der Waals surface area contributed by atoms with E-state index in [-0.39, 0.29) is 6.79 Å². The van der Waals surface area contributed by atoms with E-state index in [0.717, 1.165) is 17.0 Å². The number of aryl methyl sites for hydroxylation is 1. The lowest BCUT2D eigenvalue weighted by atomic mass is 10.2. The summed E-state index contributed by atoms with van der Waals surface area (Å²) in [6.07, 6.45) is 3.70. The van der Waals surface area contributed by atoms with Gasteiger partial charge in [0.25, 0.3) is 0 Å². The Kier molecular flexibility index (Phi) is 2.91.